The van der Waals surface area contributed by atoms with E-state index < -0.39 is 51.9 Å². The van der Waals surface area contributed by atoms with E-state index in [0.717, 1.165) is 12.8 Å². The van der Waals surface area contributed by atoms with Gasteiger partial charge in [-0.3, -0.25) is 9.13 Å². The van der Waals surface area contributed by atoms with E-state index in [1.54, 1.807) is 0 Å². The molecule has 178 valence electrons. The third-order valence-electron chi connectivity index (χ3n) is 5.49. The SMILES string of the molecule is O=P(O)(O)CP(=O)(O)OC[C@H]1C[C@@H](n2nnc3c(NCC4CC4)nc(Cl)nc32)[C@H](O)[C@@H]1O. The van der Waals surface area contributed by atoms with Gasteiger partial charge in [0.2, 0.25) is 5.28 Å². The molecule has 0 radical (unpaired) electrons. The van der Waals surface area contributed by atoms with Gasteiger partial charge in [0.25, 0.3) is 0 Å². The van der Waals surface area contributed by atoms with Gasteiger partial charge in [-0.1, -0.05) is 5.21 Å². The Kier molecular flexibility index (Phi) is 6.63. The predicted molar refractivity (Wildman–Crippen MR) is 111 cm³/mol. The largest absolute Gasteiger partial charge is 0.390 e. The molecule has 2 aliphatic carbocycles. The summed E-state index contributed by atoms with van der Waals surface area (Å²) in [5.41, 5.74) is 0.591. The summed E-state index contributed by atoms with van der Waals surface area (Å²) in [6, 6.07) is -0.800. The van der Waals surface area contributed by atoms with Crippen molar-refractivity contribution in [3.63, 3.8) is 0 Å². The lowest BCUT2D eigenvalue weighted by molar-refractivity contribution is -0.00362. The van der Waals surface area contributed by atoms with Gasteiger partial charge in [-0.2, -0.15) is 9.97 Å². The predicted octanol–water partition coefficient (Wildman–Crippen LogP) is 0.317. The Morgan fingerprint density at radius 3 is 2.53 bits per heavy atom. The highest BCUT2D eigenvalue weighted by atomic mass is 35.5. The lowest BCUT2D eigenvalue weighted by Gasteiger charge is -2.19. The first-order valence-electron chi connectivity index (χ1n) is 9.83. The van der Waals surface area contributed by atoms with Crippen molar-refractivity contribution in [3.8, 4) is 0 Å². The molecule has 0 spiro atoms. The van der Waals surface area contributed by atoms with E-state index in [1.807, 2.05) is 0 Å². The summed E-state index contributed by atoms with van der Waals surface area (Å²) in [5.74, 6) is -1.18. The molecule has 0 aliphatic heterocycles. The van der Waals surface area contributed by atoms with Crippen molar-refractivity contribution in [1.82, 2.24) is 25.0 Å². The minimum atomic E-state index is -4.78. The molecule has 0 saturated heterocycles. The molecular weight excluding hydrogens is 490 g/mol. The van der Waals surface area contributed by atoms with Gasteiger partial charge in [0.05, 0.1) is 18.8 Å². The molecule has 2 fully saturated rings. The summed E-state index contributed by atoms with van der Waals surface area (Å²) < 4.78 is 29.0. The van der Waals surface area contributed by atoms with E-state index in [-0.39, 0.29) is 17.4 Å². The maximum Gasteiger partial charge on any atom is 0.340 e. The summed E-state index contributed by atoms with van der Waals surface area (Å²) in [5, 5.41) is 32.2. The van der Waals surface area contributed by atoms with E-state index >= 15 is 0 Å². The molecule has 2 saturated carbocycles. The number of rotatable bonds is 9. The molecule has 0 bridgehead atoms. The van der Waals surface area contributed by atoms with Crippen LogP contribution in [0.4, 0.5) is 5.82 Å². The minimum Gasteiger partial charge on any atom is -0.390 e. The first kappa shape index (κ1) is 23.9. The minimum absolute atomic E-state index is 0.0501. The van der Waals surface area contributed by atoms with Crippen molar-refractivity contribution in [2.45, 2.75) is 37.5 Å². The summed E-state index contributed by atoms with van der Waals surface area (Å²) in [6.45, 7) is 0.203. The van der Waals surface area contributed by atoms with Gasteiger partial charge in [-0.15, -0.1) is 5.10 Å². The molecule has 4 rings (SSSR count). The zero-order valence-electron chi connectivity index (χ0n) is 16.6. The van der Waals surface area contributed by atoms with Crippen molar-refractivity contribution in [2.24, 2.45) is 11.8 Å². The van der Waals surface area contributed by atoms with Gasteiger partial charge in [0.1, 0.15) is 6.10 Å². The van der Waals surface area contributed by atoms with Crippen LogP contribution in [0.5, 0.6) is 0 Å². The van der Waals surface area contributed by atoms with Crippen LogP contribution in [0.2, 0.25) is 5.28 Å². The number of anilines is 1. The van der Waals surface area contributed by atoms with Crippen LogP contribution in [-0.4, -0.2) is 81.1 Å². The van der Waals surface area contributed by atoms with Crippen LogP contribution in [0, 0.1) is 11.8 Å². The molecule has 2 aliphatic rings. The molecule has 2 aromatic rings. The lowest BCUT2D eigenvalue weighted by Crippen LogP contribution is -2.31. The highest BCUT2D eigenvalue weighted by Crippen LogP contribution is 2.56. The molecule has 17 heteroatoms. The molecular formula is C15H23ClN6O8P2. The number of nitrogens with zero attached hydrogens (tertiary/aromatic N) is 5. The zero-order chi connectivity index (χ0) is 23.3. The van der Waals surface area contributed by atoms with Crippen LogP contribution < -0.4 is 5.32 Å². The molecule has 5 atom stereocenters. The number of nitrogens with one attached hydrogen (secondary N) is 1. The van der Waals surface area contributed by atoms with E-state index in [2.05, 4.69) is 25.6 Å². The maximum atomic E-state index is 11.9. The highest BCUT2D eigenvalue weighted by Gasteiger charge is 2.45. The number of fused-ring (bicyclic) bond motifs is 1. The lowest BCUT2D eigenvalue weighted by atomic mass is 10.1. The Hall–Kier alpha value is -1.21. The molecule has 2 aromatic heterocycles. The number of aromatic nitrogens is 5. The number of aliphatic hydroxyl groups excluding tert-OH is 2. The van der Waals surface area contributed by atoms with Crippen LogP contribution in [-0.2, 0) is 13.7 Å². The monoisotopic (exact) mass is 512 g/mol. The second-order valence-corrected chi connectivity index (χ2v) is 12.5. The normalized spacial score (nSPS) is 28.2. The fraction of sp³-hybridized carbons (Fsp3) is 0.733. The summed E-state index contributed by atoms with van der Waals surface area (Å²) in [4.78, 5) is 35.7. The molecule has 0 aromatic carbocycles. The fourth-order valence-electron chi connectivity index (χ4n) is 3.71. The van der Waals surface area contributed by atoms with Gasteiger partial charge in [0, 0.05) is 12.5 Å². The number of hydrogen-bond acceptors (Lipinski definition) is 10. The van der Waals surface area contributed by atoms with Crippen molar-refractivity contribution in [3.05, 3.63) is 5.28 Å². The number of hydrogen-bond donors (Lipinski definition) is 6. The maximum absolute atomic E-state index is 11.9. The standard InChI is InChI=1S/C15H23ClN6O8P2/c16-15-18-13(17-4-7-1-2-7)10-14(19-15)22(21-20-10)9-3-8(11(23)12(9)24)5-30-32(28,29)6-31(25,26)27/h7-9,11-12,23-24H,1-6H2,(H,28,29)(H,17,18,19)(H2,25,26,27)/t8-,9-,11-,12+/m1/s1. The summed E-state index contributed by atoms with van der Waals surface area (Å²) in [6.07, 6.45) is -0.342. The Bertz CT molecular complexity index is 1090. The van der Waals surface area contributed by atoms with Crippen LogP contribution >= 0.6 is 26.8 Å². The average Bonchev–Trinajstić information content (AvgIpc) is 3.35. The Morgan fingerprint density at radius 2 is 1.88 bits per heavy atom. The molecule has 6 N–H and O–H groups in total. The third-order valence-corrected chi connectivity index (χ3v) is 9.12. The Labute approximate surface area is 186 Å². The van der Waals surface area contributed by atoms with Gasteiger partial charge in [-0.25, -0.2) is 4.68 Å². The first-order valence-corrected chi connectivity index (χ1v) is 13.8. The fourth-order valence-corrected chi connectivity index (χ4v) is 6.48. The van der Waals surface area contributed by atoms with Crippen molar-refractivity contribution in [1.29, 1.82) is 0 Å². The first-order chi connectivity index (χ1) is 14.9. The van der Waals surface area contributed by atoms with Crippen LogP contribution in [0.3, 0.4) is 0 Å². The molecule has 2 heterocycles. The topological polar surface area (TPSA) is 213 Å². The molecule has 0 amide bonds. The average molecular weight is 513 g/mol. The third kappa shape index (κ3) is 5.46. The summed E-state index contributed by atoms with van der Waals surface area (Å²) >= 11 is 6.05. The second kappa shape index (κ2) is 8.86. The molecule has 1 unspecified atom stereocenters. The van der Waals surface area contributed by atoms with Crippen molar-refractivity contribution >= 4 is 43.8 Å². The van der Waals surface area contributed by atoms with E-state index in [9.17, 15) is 24.2 Å². The van der Waals surface area contributed by atoms with Crippen LogP contribution in [0.25, 0.3) is 11.2 Å². The van der Waals surface area contributed by atoms with Gasteiger partial charge < -0.3 is 34.7 Å². The second-order valence-electron chi connectivity index (χ2n) is 8.16. The van der Waals surface area contributed by atoms with Gasteiger partial charge in [-0.05, 0) is 36.8 Å². The Balaban J connectivity index is 1.51. The number of halogens is 1. The molecule has 32 heavy (non-hydrogen) atoms. The van der Waals surface area contributed by atoms with Gasteiger partial charge >= 0.3 is 15.2 Å². The van der Waals surface area contributed by atoms with Crippen molar-refractivity contribution in [2.75, 3.05) is 24.4 Å². The number of aliphatic hydroxyl groups is 2. The van der Waals surface area contributed by atoms with Crippen LogP contribution in [0.1, 0.15) is 25.3 Å². The van der Waals surface area contributed by atoms with Crippen molar-refractivity contribution < 1.29 is 38.5 Å². The Morgan fingerprint density at radius 1 is 1.16 bits per heavy atom. The summed E-state index contributed by atoms with van der Waals surface area (Å²) in [7, 11) is -9.37. The highest BCUT2D eigenvalue weighted by molar-refractivity contribution is 7.70. The molecule has 14 nitrogen and oxygen atoms in total. The van der Waals surface area contributed by atoms with Crippen LogP contribution in [0.15, 0.2) is 0 Å². The zero-order valence-corrected chi connectivity index (χ0v) is 19.1. The smallest absolute Gasteiger partial charge is 0.340 e. The van der Waals surface area contributed by atoms with E-state index in [1.165, 1.54) is 4.68 Å². The quantitative estimate of drug-likeness (QED) is 0.197. The van der Waals surface area contributed by atoms with E-state index in [4.69, 9.17) is 25.9 Å². The van der Waals surface area contributed by atoms with Gasteiger partial charge in [0.15, 0.2) is 22.9 Å². The van der Waals surface area contributed by atoms with E-state index in [0.29, 0.717) is 23.8 Å².